The Morgan fingerprint density at radius 3 is 2.58 bits per heavy atom. The van der Waals surface area contributed by atoms with Gasteiger partial charge < -0.3 is 4.74 Å². The van der Waals surface area contributed by atoms with Crippen molar-refractivity contribution in [1.82, 2.24) is 20.1 Å². The van der Waals surface area contributed by atoms with E-state index in [4.69, 9.17) is 21.3 Å². The third kappa shape index (κ3) is 2.67. The first-order valence-electron chi connectivity index (χ1n) is 8.24. The van der Waals surface area contributed by atoms with E-state index in [1.807, 2.05) is 61.0 Å². The Bertz CT molecular complexity index is 994. The van der Waals surface area contributed by atoms with Gasteiger partial charge in [0.15, 0.2) is 12.0 Å². The number of hydrogen-bond acceptors (Lipinski definition) is 5. The largest absolute Gasteiger partial charge is 0.497 e. The van der Waals surface area contributed by atoms with Crippen LogP contribution in [-0.4, -0.2) is 34.6 Å². The molecule has 1 aliphatic heterocycles. The van der Waals surface area contributed by atoms with Gasteiger partial charge in [0.2, 0.25) is 0 Å². The molecule has 2 aromatic carbocycles. The van der Waals surface area contributed by atoms with Crippen LogP contribution in [0.4, 0.5) is 0 Å². The molecule has 1 aromatic heterocycles. The predicted molar refractivity (Wildman–Crippen MR) is 102 cm³/mol. The first-order chi connectivity index (χ1) is 12.6. The molecule has 0 radical (unpaired) electrons. The molecular weight excluding hydrogens is 350 g/mol. The number of hydrogen-bond donors (Lipinski definition) is 1. The number of ether oxygens (including phenoxy) is 1. The first kappa shape index (κ1) is 16.8. The standard InChI is InChI=1S/C19H18ClN5O/c1-11-23-24-19-18(21-2)22-17(12-4-6-13(20)7-5-12)15-10-14(26-3)8-9-16(15)25(11)19/h4-10,18,21H,1-3H3/t18-/m1/s1. The SMILES string of the molecule is CN[C@@H]1N=C(c2ccc(Cl)cc2)c2cc(OC)ccc2-n2c(C)nnc21. The molecule has 0 aliphatic carbocycles. The molecule has 1 atom stereocenters. The lowest BCUT2D eigenvalue weighted by atomic mass is 10.00. The highest BCUT2D eigenvalue weighted by molar-refractivity contribution is 6.30. The van der Waals surface area contributed by atoms with Gasteiger partial charge in [-0.1, -0.05) is 23.7 Å². The van der Waals surface area contributed by atoms with Crippen LogP contribution >= 0.6 is 11.6 Å². The van der Waals surface area contributed by atoms with Crippen LogP contribution in [-0.2, 0) is 0 Å². The van der Waals surface area contributed by atoms with Gasteiger partial charge in [-0.15, -0.1) is 10.2 Å². The molecule has 1 aliphatic rings. The van der Waals surface area contributed by atoms with Gasteiger partial charge in [-0.3, -0.25) is 14.9 Å². The summed E-state index contributed by atoms with van der Waals surface area (Å²) in [5.74, 6) is 2.32. The van der Waals surface area contributed by atoms with Crippen molar-refractivity contribution in [3.8, 4) is 11.4 Å². The van der Waals surface area contributed by atoms with Gasteiger partial charge in [-0.25, -0.2) is 0 Å². The molecule has 0 amide bonds. The van der Waals surface area contributed by atoms with Gasteiger partial charge in [-0.05, 0) is 44.3 Å². The predicted octanol–water partition coefficient (Wildman–Crippen LogP) is 3.31. The highest BCUT2D eigenvalue weighted by atomic mass is 35.5. The zero-order valence-corrected chi connectivity index (χ0v) is 15.4. The number of benzene rings is 2. The van der Waals surface area contributed by atoms with Crippen molar-refractivity contribution in [2.75, 3.05) is 14.2 Å². The third-order valence-electron chi connectivity index (χ3n) is 4.44. The van der Waals surface area contributed by atoms with E-state index in [2.05, 4.69) is 15.5 Å². The van der Waals surface area contributed by atoms with Crippen molar-refractivity contribution in [2.45, 2.75) is 13.1 Å². The minimum Gasteiger partial charge on any atom is -0.497 e. The molecule has 4 rings (SSSR count). The zero-order valence-electron chi connectivity index (χ0n) is 14.7. The van der Waals surface area contributed by atoms with Crippen LogP contribution in [0.3, 0.4) is 0 Å². The number of halogens is 1. The van der Waals surface area contributed by atoms with Crippen molar-refractivity contribution in [2.24, 2.45) is 4.99 Å². The second-order valence-electron chi connectivity index (χ2n) is 6.00. The van der Waals surface area contributed by atoms with Crippen LogP contribution in [0.15, 0.2) is 47.5 Å². The Balaban J connectivity index is 2.03. The van der Waals surface area contributed by atoms with Gasteiger partial charge in [0.25, 0.3) is 0 Å². The fourth-order valence-electron chi connectivity index (χ4n) is 3.17. The number of rotatable bonds is 3. The molecule has 0 fully saturated rings. The van der Waals surface area contributed by atoms with E-state index in [1.165, 1.54) is 0 Å². The van der Waals surface area contributed by atoms with Crippen molar-refractivity contribution in [3.63, 3.8) is 0 Å². The van der Waals surface area contributed by atoms with E-state index in [0.29, 0.717) is 5.02 Å². The molecule has 0 saturated heterocycles. The molecule has 0 saturated carbocycles. The highest BCUT2D eigenvalue weighted by Gasteiger charge is 2.27. The average molecular weight is 368 g/mol. The van der Waals surface area contributed by atoms with Crippen molar-refractivity contribution in [3.05, 3.63) is 70.3 Å². The van der Waals surface area contributed by atoms with Crippen LogP contribution in [0.25, 0.3) is 5.69 Å². The number of aryl methyl sites for hydroxylation is 1. The lowest BCUT2D eigenvalue weighted by molar-refractivity contribution is 0.414. The normalized spacial score (nSPS) is 15.7. The Kier molecular flexibility index (Phi) is 4.22. The summed E-state index contributed by atoms with van der Waals surface area (Å²) in [7, 11) is 3.52. The summed E-state index contributed by atoms with van der Waals surface area (Å²) in [4.78, 5) is 4.95. The zero-order chi connectivity index (χ0) is 18.3. The van der Waals surface area contributed by atoms with Gasteiger partial charge in [0.05, 0.1) is 18.5 Å². The van der Waals surface area contributed by atoms with Crippen molar-refractivity contribution < 1.29 is 4.74 Å². The molecule has 1 N–H and O–H groups in total. The summed E-state index contributed by atoms with van der Waals surface area (Å²) in [6.45, 7) is 1.94. The molecule has 0 bridgehead atoms. The topological polar surface area (TPSA) is 64.3 Å². The van der Waals surface area contributed by atoms with Crippen LogP contribution in [0, 0.1) is 6.92 Å². The van der Waals surface area contributed by atoms with Crippen molar-refractivity contribution >= 4 is 17.3 Å². The maximum absolute atomic E-state index is 6.07. The fourth-order valence-corrected chi connectivity index (χ4v) is 3.29. The van der Waals surface area contributed by atoms with Crippen LogP contribution in [0.5, 0.6) is 5.75 Å². The molecule has 0 spiro atoms. The number of methoxy groups -OCH3 is 1. The molecule has 7 heteroatoms. The molecular formula is C19H18ClN5O. The second kappa shape index (κ2) is 6.55. The quantitative estimate of drug-likeness (QED) is 0.771. The number of aliphatic imine (C=N–C) groups is 1. The molecule has 3 aromatic rings. The Morgan fingerprint density at radius 2 is 1.88 bits per heavy atom. The Hall–Kier alpha value is -2.70. The number of aromatic nitrogens is 3. The lowest BCUT2D eigenvalue weighted by Crippen LogP contribution is -2.18. The van der Waals surface area contributed by atoms with E-state index in [9.17, 15) is 0 Å². The maximum atomic E-state index is 6.07. The third-order valence-corrected chi connectivity index (χ3v) is 4.70. The van der Waals surface area contributed by atoms with Gasteiger partial charge in [-0.2, -0.15) is 0 Å². The minimum absolute atomic E-state index is 0.319. The van der Waals surface area contributed by atoms with Crippen LogP contribution in [0.2, 0.25) is 5.02 Å². The molecule has 2 heterocycles. The highest BCUT2D eigenvalue weighted by Crippen LogP contribution is 2.32. The van der Waals surface area contributed by atoms with Crippen LogP contribution < -0.4 is 10.1 Å². The Morgan fingerprint density at radius 1 is 1.12 bits per heavy atom. The Labute approximate surface area is 156 Å². The second-order valence-corrected chi connectivity index (χ2v) is 6.44. The molecule has 0 unspecified atom stereocenters. The first-order valence-corrected chi connectivity index (χ1v) is 8.62. The summed E-state index contributed by atoms with van der Waals surface area (Å²) >= 11 is 6.07. The summed E-state index contributed by atoms with van der Waals surface area (Å²) in [6.07, 6.45) is -0.319. The summed E-state index contributed by atoms with van der Waals surface area (Å²) < 4.78 is 7.48. The van der Waals surface area contributed by atoms with Gasteiger partial charge in [0, 0.05) is 16.1 Å². The van der Waals surface area contributed by atoms with E-state index in [-0.39, 0.29) is 6.17 Å². The van der Waals surface area contributed by atoms with Gasteiger partial charge in [0.1, 0.15) is 11.6 Å². The van der Waals surface area contributed by atoms with E-state index >= 15 is 0 Å². The number of nitrogens with one attached hydrogen (secondary N) is 1. The summed E-state index contributed by atoms with van der Waals surface area (Å²) in [5, 5.41) is 12.5. The monoisotopic (exact) mass is 367 g/mol. The number of nitrogens with zero attached hydrogens (tertiary/aromatic N) is 4. The summed E-state index contributed by atoms with van der Waals surface area (Å²) in [5.41, 5.74) is 3.74. The maximum Gasteiger partial charge on any atom is 0.177 e. The minimum atomic E-state index is -0.319. The molecule has 132 valence electrons. The van der Waals surface area contributed by atoms with Crippen molar-refractivity contribution in [1.29, 1.82) is 0 Å². The van der Waals surface area contributed by atoms with E-state index < -0.39 is 0 Å². The fraction of sp³-hybridized carbons (Fsp3) is 0.211. The number of fused-ring (bicyclic) bond motifs is 3. The molecule has 6 nitrogen and oxygen atoms in total. The summed E-state index contributed by atoms with van der Waals surface area (Å²) in [6, 6.07) is 13.6. The van der Waals surface area contributed by atoms with Gasteiger partial charge >= 0.3 is 0 Å². The van der Waals surface area contributed by atoms with E-state index in [1.54, 1.807) is 7.11 Å². The lowest BCUT2D eigenvalue weighted by Gasteiger charge is -2.14. The molecule has 26 heavy (non-hydrogen) atoms. The smallest absolute Gasteiger partial charge is 0.177 e. The van der Waals surface area contributed by atoms with Crippen LogP contribution in [0.1, 0.15) is 28.9 Å². The average Bonchev–Trinajstić information content (AvgIpc) is 2.97. The van der Waals surface area contributed by atoms with E-state index in [0.717, 1.165) is 39.9 Å².